The molecule has 1 fully saturated rings. The van der Waals surface area contributed by atoms with Crippen LogP contribution in [0.15, 0.2) is 65.8 Å². The number of benzene rings is 2. The van der Waals surface area contributed by atoms with Gasteiger partial charge in [0.25, 0.3) is 0 Å². The minimum atomic E-state index is -0.255. The number of hydrogen-bond donors (Lipinski definition) is 1. The molecule has 0 aromatic heterocycles. The van der Waals surface area contributed by atoms with Crippen molar-refractivity contribution in [3.63, 3.8) is 0 Å². The summed E-state index contributed by atoms with van der Waals surface area (Å²) in [7, 11) is 0. The molecule has 1 spiro atoms. The van der Waals surface area contributed by atoms with Gasteiger partial charge in [-0.05, 0) is 17.7 Å². The number of nitrogens with one attached hydrogen (secondary N) is 1. The SMILES string of the molecule is O=C(Nc1ccccc1)N1CCC2(CC1)CC(c1ccccc1)=NO2. The molecule has 0 saturated carbocycles. The van der Waals surface area contributed by atoms with Crippen LogP contribution < -0.4 is 5.32 Å². The molecule has 2 aliphatic rings. The van der Waals surface area contributed by atoms with E-state index in [2.05, 4.69) is 22.6 Å². The number of carbonyl (C=O) groups is 1. The van der Waals surface area contributed by atoms with E-state index in [0.29, 0.717) is 13.1 Å². The first-order valence-corrected chi connectivity index (χ1v) is 8.66. The number of likely N-dealkylation sites (tertiary alicyclic amines) is 1. The third kappa shape index (κ3) is 3.36. The highest BCUT2D eigenvalue weighted by atomic mass is 16.7. The molecule has 2 heterocycles. The average molecular weight is 335 g/mol. The van der Waals surface area contributed by atoms with Gasteiger partial charge in [0, 0.05) is 38.0 Å². The molecule has 0 atom stereocenters. The monoisotopic (exact) mass is 335 g/mol. The maximum atomic E-state index is 12.4. The quantitative estimate of drug-likeness (QED) is 0.905. The van der Waals surface area contributed by atoms with Crippen LogP contribution in [0.4, 0.5) is 10.5 Å². The first kappa shape index (κ1) is 15.7. The van der Waals surface area contributed by atoms with Crippen molar-refractivity contribution in [2.45, 2.75) is 24.9 Å². The molecule has 0 unspecified atom stereocenters. The second-order valence-corrected chi connectivity index (χ2v) is 6.64. The predicted molar refractivity (Wildman–Crippen MR) is 97.7 cm³/mol. The lowest BCUT2D eigenvalue weighted by Crippen LogP contribution is -2.48. The van der Waals surface area contributed by atoms with Crippen LogP contribution in [-0.4, -0.2) is 35.3 Å². The maximum Gasteiger partial charge on any atom is 0.321 e. The molecule has 2 aromatic rings. The van der Waals surface area contributed by atoms with Gasteiger partial charge in [-0.3, -0.25) is 0 Å². The van der Waals surface area contributed by atoms with Crippen molar-refractivity contribution in [2.75, 3.05) is 18.4 Å². The summed E-state index contributed by atoms with van der Waals surface area (Å²) in [5.74, 6) is 0. The maximum absolute atomic E-state index is 12.4. The van der Waals surface area contributed by atoms with Crippen LogP contribution in [0.25, 0.3) is 0 Å². The number of para-hydroxylation sites is 1. The van der Waals surface area contributed by atoms with Crippen LogP contribution in [0.5, 0.6) is 0 Å². The van der Waals surface area contributed by atoms with E-state index in [1.807, 2.05) is 53.4 Å². The summed E-state index contributed by atoms with van der Waals surface area (Å²) in [4.78, 5) is 20.1. The Bertz CT molecular complexity index is 766. The van der Waals surface area contributed by atoms with Gasteiger partial charge in [0.1, 0.15) is 5.60 Å². The highest BCUT2D eigenvalue weighted by Gasteiger charge is 2.43. The van der Waals surface area contributed by atoms with Crippen LogP contribution in [0.3, 0.4) is 0 Å². The van der Waals surface area contributed by atoms with Crippen LogP contribution in [0, 0.1) is 0 Å². The average Bonchev–Trinajstić information content (AvgIpc) is 3.07. The molecule has 1 N–H and O–H groups in total. The summed E-state index contributed by atoms with van der Waals surface area (Å²) in [6.45, 7) is 1.35. The first-order chi connectivity index (χ1) is 12.2. The molecule has 0 bridgehead atoms. The minimum Gasteiger partial charge on any atom is -0.388 e. The van der Waals surface area contributed by atoms with Crippen LogP contribution in [0.1, 0.15) is 24.8 Å². The van der Waals surface area contributed by atoms with Crippen LogP contribution in [-0.2, 0) is 4.84 Å². The summed E-state index contributed by atoms with van der Waals surface area (Å²) in [5.41, 5.74) is 2.68. The van der Waals surface area contributed by atoms with Crippen molar-refractivity contribution in [1.82, 2.24) is 4.90 Å². The summed E-state index contributed by atoms with van der Waals surface area (Å²) in [6.07, 6.45) is 2.41. The second-order valence-electron chi connectivity index (χ2n) is 6.64. The largest absolute Gasteiger partial charge is 0.388 e. The third-order valence-electron chi connectivity index (χ3n) is 4.93. The van der Waals surface area contributed by atoms with E-state index in [0.717, 1.165) is 36.2 Å². The minimum absolute atomic E-state index is 0.0525. The first-order valence-electron chi connectivity index (χ1n) is 8.66. The lowest BCUT2D eigenvalue weighted by Gasteiger charge is -2.37. The van der Waals surface area contributed by atoms with Gasteiger partial charge in [0.2, 0.25) is 0 Å². The molecule has 4 rings (SSSR count). The van der Waals surface area contributed by atoms with E-state index in [1.54, 1.807) is 0 Å². The molecule has 25 heavy (non-hydrogen) atoms. The second kappa shape index (κ2) is 6.59. The van der Waals surface area contributed by atoms with Crippen molar-refractivity contribution in [3.05, 3.63) is 66.2 Å². The van der Waals surface area contributed by atoms with Crippen LogP contribution >= 0.6 is 0 Å². The highest BCUT2D eigenvalue weighted by molar-refractivity contribution is 6.01. The number of carbonyl (C=O) groups excluding carboxylic acids is 1. The Morgan fingerprint density at radius 2 is 1.64 bits per heavy atom. The van der Waals surface area contributed by atoms with E-state index in [9.17, 15) is 4.79 Å². The summed E-state index contributed by atoms with van der Waals surface area (Å²) in [6, 6.07) is 19.6. The molecule has 0 radical (unpaired) electrons. The molecule has 2 amide bonds. The Morgan fingerprint density at radius 1 is 1.00 bits per heavy atom. The summed E-state index contributed by atoms with van der Waals surface area (Å²) in [5, 5.41) is 7.26. The molecule has 2 aliphatic heterocycles. The molecule has 2 aromatic carbocycles. The van der Waals surface area contributed by atoms with Crippen molar-refractivity contribution in [1.29, 1.82) is 0 Å². The molecule has 0 aliphatic carbocycles. The summed E-state index contributed by atoms with van der Waals surface area (Å²) < 4.78 is 0. The summed E-state index contributed by atoms with van der Waals surface area (Å²) >= 11 is 0. The zero-order valence-corrected chi connectivity index (χ0v) is 14.0. The lowest BCUT2D eigenvalue weighted by atomic mass is 9.85. The predicted octanol–water partition coefficient (Wildman–Crippen LogP) is 3.88. The number of hydrogen-bond acceptors (Lipinski definition) is 3. The van der Waals surface area contributed by atoms with E-state index in [4.69, 9.17) is 4.84 Å². The Morgan fingerprint density at radius 3 is 2.32 bits per heavy atom. The third-order valence-corrected chi connectivity index (χ3v) is 4.93. The Hall–Kier alpha value is -2.82. The number of piperidine rings is 1. The Labute approximate surface area is 147 Å². The Kier molecular flexibility index (Phi) is 4.14. The van der Waals surface area contributed by atoms with Crippen LogP contribution in [0.2, 0.25) is 0 Å². The van der Waals surface area contributed by atoms with Gasteiger partial charge in [-0.25, -0.2) is 4.79 Å². The van der Waals surface area contributed by atoms with Gasteiger partial charge in [0.15, 0.2) is 0 Å². The number of nitrogens with zero attached hydrogens (tertiary/aromatic N) is 2. The van der Waals surface area contributed by atoms with E-state index in [-0.39, 0.29) is 11.6 Å². The molecular formula is C20H21N3O2. The van der Waals surface area contributed by atoms with Gasteiger partial charge >= 0.3 is 6.03 Å². The van der Waals surface area contributed by atoms with Gasteiger partial charge in [-0.15, -0.1) is 0 Å². The molecule has 5 heteroatoms. The zero-order valence-electron chi connectivity index (χ0n) is 14.0. The van der Waals surface area contributed by atoms with Crippen molar-refractivity contribution >= 4 is 17.4 Å². The lowest BCUT2D eigenvalue weighted by molar-refractivity contribution is -0.0544. The van der Waals surface area contributed by atoms with E-state index in [1.165, 1.54) is 0 Å². The normalized spacial score (nSPS) is 18.6. The molecular weight excluding hydrogens is 314 g/mol. The molecule has 128 valence electrons. The fourth-order valence-electron chi connectivity index (χ4n) is 3.42. The van der Waals surface area contributed by atoms with Gasteiger partial charge in [-0.2, -0.15) is 0 Å². The fourth-order valence-corrected chi connectivity index (χ4v) is 3.42. The number of urea groups is 1. The Balaban J connectivity index is 1.34. The van der Waals surface area contributed by atoms with E-state index < -0.39 is 0 Å². The van der Waals surface area contributed by atoms with Gasteiger partial charge < -0.3 is 15.1 Å². The number of rotatable bonds is 2. The molecule has 1 saturated heterocycles. The smallest absolute Gasteiger partial charge is 0.321 e. The van der Waals surface area contributed by atoms with Gasteiger partial charge in [-0.1, -0.05) is 53.7 Å². The fraction of sp³-hybridized carbons (Fsp3) is 0.300. The standard InChI is InChI=1S/C20H21N3O2/c24-19(21-17-9-5-2-6-10-17)23-13-11-20(12-14-23)15-18(22-25-20)16-7-3-1-4-8-16/h1-10H,11-15H2,(H,21,24). The van der Waals surface area contributed by atoms with Gasteiger partial charge in [0.05, 0.1) is 5.71 Å². The van der Waals surface area contributed by atoms with E-state index >= 15 is 0 Å². The highest BCUT2D eigenvalue weighted by Crippen LogP contribution is 2.36. The topological polar surface area (TPSA) is 53.9 Å². The van der Waals surface area contributed by atoms with Crippen molar-refractivity contribution < 1.29 is 9.63 Å². The number of oxime groups is 1. The number of anilines is 1. The number of amides is 2. The zero-order chi connectivity index (χ0) is 17.1. The molecule has 5 nitrogen and oxygen atoms in total. The van der Waals surface area contributed by atoms with Crippen molar-refractivity contribution in [3.8, 4) is 0 Å². The van der Waals surface area contributed by atoms with Crippen molar-refractivity contribution in [2.24, 2.45) is 5.16 Å².